The van der Waals surface area contributed by atoms with E-state index in [4.69, 9.17) is 0 Å². The summed E-state index contributed by atoms with van der Waals surface area (Å²) in [6, 6.07) is 2.61. The van der Waals surface area contributed by atoms with Crippen LogP contribution >= 0.6 is 0 Å². The molecule has 1 fully saturated rings. The van der Waals surface area contributed by atoms with Crippen LogP contribution in [0.2, 0.25) is 0 Å². The van der Waals surface area contributed by atoms with Gasteiger partial charge in [0.15, 0.2) is 0 Å². The topological polar surface area (TPSA) is 53.1 Å². The number of rotatable bonds is 4. The van der Waals surface area contributed by atoms with Crippen LogP contribution in [0.3, 0.4) is 0 Å². The maximum atomic E-state index is 4.32. The maximum absolute atomic E-state index is 4.32. The average molecular weight is 249 g/mol. The highest BCUT2D eigenvalue weighted by molar-refractivity contribution is 5.50. The summed E-state index contributed by atoms with van der Waals surface area (Å²) < 4.78 is 0. The fourth-order valence-electron chi connectivity index (χ4n) is 1.82. The van der Waals surface area contributed by atoms with Gasteiger partial charge in [-0.2, -0.15) is 0 Å². The van der Waals surface area contributed by atoms with Gasteiger partial charge in [0.1, 0.15) is 18.0 Å². The highest BCUT2D eigenvalue weighted by Crippen LogP contribution is 2.21. The van der Waals surface area contributed by atoms with Crippen LogP contribution in [-0.4, -0.2) is 42.7 Å². The van der Waals surface area contributed by atoms with E-state index < -0.39 is 0 Å². The first-order chi connectivity index (χ1) is 8.48. The maximum Gasteiger partial charge on any atom is 0.134 e. The Morgan fingerprint density at radius 2 is 2.06 bits per heavy atom. The van der Waals surface area contributed by atoms with Crippen molar-refractivity contribution < 1.29 is 0 Å². The molecule has 0 spiro atoms. The normalized spacial score (nSPS) is 16.6. The third-order valence-electron chi connectivity index (χ3n) is 3.07. The summed E-state index contributed by atoms with van der Waals surface area (Å²) in [5.41, 5.74) is 0.249. The van der Waals surface area contributed by atoms with Crippen molar-refractivity contribution in [2.75, 3.05) is 36.9 Å². The van der Waals surface area contributed by atoms with Crippen molar-refractivity contribution in [3.05, 3.63) is 12.4 Å². The van der Waals surface area contributed by atoms with Gasteiger partial charge in [0.2, 0.25) is 0 Å². The lowest BCUT2D eigenvalue weighted by molar-refractivity contribution is 0.441. The number of nitrogens with zero attached hydrogens (tertiary/aromatic N) is 3. The highest BCUT2D eigenvalue weighted by atomic mass is 15.3. The Kier molecular flexibility index (Phi) is 3.71. The molecule has 0 aliphatic carbocycles. The van der Waals surface area contributed by atoms with Gasteiger partial charge in [-0.1, -0.05) is 20.8 Å². The second kappa shape index (κ2) is 5.10. The van der Waals surface area contributed by atoms with Crippen LogP contribution < -0.4 is 15.5 Å². The quantitative estimate of drug-likeness (QED) is 0.843. The molecule has 1 aliphatic heterocycles. The van der Waals surface area contributed by atoms with Gasteiger partial charge >= 0.3 is 0 Å². The first kappa shape index (κ1) is 13.1. The van der Waals surface area contributed by atoms with Crippen molar-refractivity contribution in [3.63, 3.8) is 0 Å². The number of nitrogens with one attached hydrogen (secondary N) is 2. The molecule has 0 bridgehead atoms. The van der Waals surface area contributed by atoms with Crippen molar-refractivity contribution in [2.45, 2.75) is 26.8 Å². The molecule has 0 amide bonds. The van der Waals surface area contributed by atoms with Crippen molar-refractivity contribution in [1.82, 2.24) is 15.3 Å². The van der Waals surface area contributed by atoms with E-state index >= 15 is 0 Å². The molecule has 100 valence electrons. The largest absolute Gasteiger partial charge is 0.369 e. The number of hydrogen-bond donors (Lipinski definition) is 2. The zero-order valence-corrected chi connectivity index (χ0v) is 11.7. The summed E-state index contributed by atoms with van der Waals surface area (Å²) >= 11 is 0. The average Bonchev–Trinajstić information content (AvgIpc) is 2.25. The molecule has 5 heteroatoms. The zero-order chi connectivity index (χ0) is 13.2. The molecular weight excluding hydrogens is 226 g/mol. The second-order valence-corrected chi connectivity index (χ2v) is 6.07. The highest BCUT2D eigenvalue weighted by Gasteiger charge is 2.26. The minimum Gasteiger partial charge on any atom is -0.369 e. The van der Waals surface area contributed by atoms with Gasteiger partial charge in [0.25, 0.3) is 0 Å². The van der Waals surface area contributed by atoms with Crippen LogP contribution in [-0.2, 0) is 0 Å². The van der Waals surface area contributed by atoms with E-state index in [2.05, 4.69) is 46.3 Å². The van der Waals surface area contributed by atoms with Crippen molar-refractivity contribution in [3.8, 4) is 0 Å². The molecule has 5 nitrogen and oxygen atoms in total. The fraction of sp³-hybridized carbons (Fsp3) is 0.692. The minimum absolute atomic E-state index is 0.249. The van der Waals surface area contributed by atoms with E-state index in [-0.39, 0.29) is 5.41 Å². The monoisotopic (exact) mass is 249 g/mol. The van der Waals surface area contributed by atoms with E-state index in [0.29, 0.717) is 6.04 Å². The molecule has 1 aliphatic rings. The Labute approximate surface area is 109 Å². The van der Waals surface area contributed by atoms with E-state index in [1.165, 1.54) is 0 Å². The van der Waals surface area contributed by atoms with Gasteiger partial charge in [-0.3, -0.25) is 0 Å². The lowest BCUT2D eigenvalue weighted by Gasteiger charge is -2.39. The molecule has 2 heterocycles. The minimum atomic E-state index is 0.249. The van der Waals surface area contributed by atoms with Crippen molar-refractivity contribution in [1.29, 1.82) is 0 Å². The summed E-state index contributed by atoms with van der Waals surface area (Å²) in [6.07, 6.45) is 1.63. The van der Waals surface area contributed by atoms with E-state index in [1.807, 2.05) is 13.1 Å². The molecule has 0 saturated carbocycles. The SMILES string of the molecule is CNC1CN(c2cc(NCC(C)(C)C)ncn2)C1. The standard InChI is InChI=1S/C13H23N5/c1-13(2,3)8-15-11-5-12(17-9-16-11)18-6-10(7-18)14-4/h5,9-10,14H,6-8H2,1-4H3,(H,15,16,17). The molecule has 0 aromatic carbocycles. The number of hydrogen-bond acceptors (Lipinski definition) is 5. The number of likely N-dealkylation sites (N-methyl/N-ethyl adjacent to an activating group) is 1. The molecule has 1 aromatic heterocycles. The molecular formula is C13H23N5. The van der Waals surface area contributed by atoms with Gasteiger partial charge in [-0.15, -0.1) is 0 Å². The Morgan fingerprint density at radius 3 is 2.67 bits per heavy atom. The summed E-state index contributed by atoms with van der Waals surface area (Å²) in [7, 11) is 2.00. The van der Waals surface area contributed by atoms with Gasteiger partial charge in [0.05, 0.1) is 0 Å². The van der Waals surface area contributed by atoms with E-state index in [1.54, 1.807) is 6.33 Å². The van der Waals surface area contributed by atoms with E-state index in [9.17, 15) is 0 Å². The molecule has 1 aromatic rings. The van der Waals surface area contributed by atoms with Gasteiger partial charge in [0, 0.05) is 31.7 Å². The Hall–Kier alpha value is -1.36. The number of aromatic nitrogens is 2. The molecule has 0 unspecified atom stereocenters. The van der Waals surface area contributed by atoms with Gasteiger partial charge in [-0.05, 0) is 12.5 Å². The molecule has 0 atom stereocenters. The molecule has 18 heavy (non-hydrogen) atoms. The lowest BCUT2D eigenvalue weighted by Crippen LogP contribution is -2.57. The van der Waals surface area contributed by atoms with Gasteiger partial charge in [-0.25, -0.2) is 9.97 Å². The lowest BCUT2D eigenvalue weighted by atomic mass is 9.97. The molecule has 2 rings (SSSR count). The summed E-state index contributed by atoms with van der Waals surface area (Å²) in [4.78, 5) is 10.8. The zero-order valence-electron chi connectivity index (χ0n) is 11.7. The molecule has 0 radical (unpaired) electrons. The number of anilines is 2. The smallest absolute Gasteiger partial charge is 0.134 e. The van der Waals surface area contributed by atoms with Gasteiger partial charge < -0.3 is 15.5 Å². The van der Waals surface area contributed by atoms with Crippen molar-refractivity contribution in [2.24, 2.45) is 5.41 Å². The van der Waals surface area contributed by atoms with Crippen LogP contribution in [0.25, 0.3) is 0 Å². The van der Waals surface area contributed by atoms with Crippen LogP contribution in [0.15, 0.2) is 12.4 Å². The third-order valence-corrected chi connectivity index (χ3v) is 3.07. The third kappa shape index (κ3) is 3.32. The first-order valence-corrected chi connectivity index (χ1v) is 6.46. The van der Waals surface area contributed by atoms with Crippen LogP contribution in [0.4, 0.5) is 11.6 Å². The molecule has 2 N–H and O–H groups in total. The summed E-state index contributed by atoms with van der Waals surface area (Å²) in [5.74, 6) is 1.91. The van der Waals surface area contributed by atoms with Crippen LogP contribution in [0.5, 0.6) is 0 Å². The van der Waals surface area contributed by atoms with Crippen LogP contribution in [0.1, 0.15) is 20.8 Å². The molecule has 1 saturated heterocycles. The Bertz CT molecular complexity index is 393. The van der Waals surface area contributed by atoms with Crippen LogP contribution in [0, 0.1) is 5.41 Å². The summed E-state index contributed by atoms with van der Waals surface area (Å²) in [6.45, 7) is 9.56. The first-order valence-electron chi connectivity index (χ1n) is 6.46. The Morgan fingerprint density at radius 1 is 1.33 bits per heavy atom. The van der Waals surface area contributed by atoms with E-state index in [0.717, 1.165) is 31.3 Å². The predicted octanol–water partition coefficient (Wildman–Crippen LogP) is 1.34. The second-order valence-electron chi connectivity index (χ2n) is 6.07. The predicted molar refractivity (Wildman–Crippen MR) is 75.0 cm³/mol. The van der Waals surface area contributed by atoms with Crippen molar-refractivity contribution >= 4 is 11.6 Å². The Balaban J connectivity index is 1.94. The fourth-order valence-corrected chi connectivity index (χ4v) is 1.82. The summed E-state index contributed by atoms with van der Waals surface area (Å²) in [5, 5.41) is 6.62.